The van der Waals surface area contributed by atoms with Gasteiger partial charge in [0.2, 0.25) is 0 Å². The Morgan fingerprint density at radius 3 is 1.97 bits per heavy atom. The maximum Gasteiger partial charge on any atom is 0.119 e. The first-order valence-electron chi connectivity index (χ1n) is 11.6. The van der Waals surface area contributed by atoms with Crippen molar-refractivity contribution >= 4 is 0 Å². The molecule has 3 aromatic rings. The smallest absolute Gasteiger partial charge is 0.119 e. The van der Waals surface area contributed by atoms with Gasteiger partial charge in [0, 0.05) is 0 Å². The van der Waals surface area contributed by atoms with Crippen LogP contribution in [0.5, 0.6) is 5.75 Å². The molecule has 0 amide bonds. The predicted octanol–water partition coefficient (Wildman–Crippen LogP) is 8.22. The van der Waals surface area contributed by atoms with Gasteiger partial charge in [-0.15, -0.1) is 0 Å². The fourth-order valence-electron chi connectivity index (χ4n) is 5.01. The van der Waals surface area contributed by atoms with E-state index >= 15 is 0 Å². The zero-order chi connectivity index (χ0) is 20.8. The molecule has 0 bridgehead atoms. The average Bonchev–Trinajstić information content (AvgIpc) is 2.81. The van der Waals surface area contributed by atoms with Crippen LogP contribution in [0.4, 0.5) is 0 Å². The summed E-state index contributed by atoms with van der Waals surface area (Å²) < 4.78 is 5.55. The van der Waals surface area contributed by atoms with Crippen molar-refractivity contribution in [2.45, 2.75) is 57.8 Å². The lowest BCUT2D eigenvalue weighted by molar-refractivity contribution is 0.297. The Balaban J connectivity index is 1.31. The van der Waals surface area contributed by atoms with Crippen molar-refractivity contribution in [1.29, 1.82) is 0 Å². The van der Waals surface area contributed by atoms with E-state index in [4.69, 9.17) is 4.74 Å². The quantitative estimate of drug-likeness (QED) is 0.389. The molecule has 1 atom stereocenters. The normalized spacial score (nSPS) is 19.9. The van der Waals surface area contributed by atoms with Crippen LogP contribution in [0.1, 0.15) is 68.9 Å². The third-order valence-corrected chi connectivity index (χ3v) is 6.78. The molecule has 0 saturated heterocycles. The summed E-state index contributed by atoms with van der Waals surface area (Å²) in [5.41, 5.74) is 5.54. The average molecular weight is 399 g/mol. The molecule has 1 aliphatic rings. The lowest BCUT2D eigenvalue weighted by Crippen LogP contribution is -2.15. The molecule has 0 heterocycles. The van der Waals surface area contributed by atoms with Crippen LogP contribution in [0.15, 0.2) is 78.9 Å². The van der Waals surface area contributed by atoms with Crippen LogP contribution in [-0.4, -0.2) is 6.61 Å². The van der Waals surface area contributed by atoms with Crippen LogP contribution in [0, 0.1) is 5.92 Å². The summed E-state index contributed by atoms with van der Waals surface area (Å²) in [7, 11) is 0. The zero-order valence-electron chi connectivity index (χ0n) is 18.4. The second-order valence-electron chi connectivity index (χ2n) is 8.84. The van der Waals surface area contributed by atoms with Gasteiger partial charge in [-0.25, -0.2) is 0 Å². The van der Waals surface area contributed by atoms with Gasteiger partial charge in [0.1, 0.15) is 5.75 Å². The molecule has 0 unspecified atom stereocenters. The highest BCUT2D eigenvalue weighted by atomic mass is 16.5. The number of rotatable bonds is 7. The monoisotopic (exact) mass is 398 g/mol. The highest BCUT2D eigenvalue weighted by molar-refractivity contribution is 5.64. The third-order valence-electron chi connectivity index (χ3n) is 6.78. The summed E-state index contributed by atoms with van der Waals surface area (Å²) in [5, 5.41) is 0. The topological polar surface area (TPSA) is 9.23 Å². The minimum Gasteiger partial charge on any atom is -0.494 e. The molecular weight excluding hydrogens is 364 g/mol. The van der Waals surface area contributed by atoms with Crippen molar-refractivity contribution in [3.63, 3.8) is 0 Å². The van der Waals surface area contributed by atoms with Crippen LogP contribution in [-0.2, 0) is 0 Å². The Morgan fingerprint density at radius 2 is 1.37 bits per heavy atom. The fraction of sp³-hybridized carbons (Fsp3) is 0.379. The van der Waals surface area contributed by atoms with Crippen molar-refractivity contribution in [3.05, 3.63) is 90.0 Å². The third kappa shape index (κ3) is 5.14. The summed E-state index contributed by atoms with van der Waals surface area (Å²) >= 11 is 0. The summed E-state index contributed by atoms with van der Waals surface area (Å²) in [5.74, 6) is 3.21. The molecule has 30 heavy (non-hydrogen) atoms. The Labute approximate surface area is 182 Å². The molecule has 0 spiro atoms. The van der Waals surface area contributed by atoms with Crippen molar-refractivity contribution in [2.24, 2.45) is 5.92 Å². The van der Waals surface area contributed by atoms with E-state index in [9.17, 15) is 0 Å². The molecule has 0 N–H and O–H groups in total. The Hall–Kier alpha value is -2.54. The number of hydrogen-bond donors (Lipinski definition) is 0. The summed E-state index contributed by atoms with van der Waals surface area (Å²) in [6.45, 7) is 5.12. The van der Waals surface area contributed by atoms with Gasteiger partial charge in [0.25, 0.3) is 0 Å². The van der Waals surface area contributed by atoms with E-state index in [1.165, 1.54) is 54.4 Å². The second-order valence-corrected chi connectivity index (χ2v) is 8.84. The molecule has 0 radical (unpaired) electrons. The van der Waals surface area contributed by atoms with Gasteiger partial charge in [-0.2, -0.15) is 0 Å². The van der Waals surface area contributed by atoms with E-state index in [2.05, 4.69) is 85.8 Å². The predicted molar refractivity (Wildman–Crippen MR) is 127 cm³/mol. The van der Waals surface area contributed by atoms with Crippen LogP contribution < -0.4 is 4.74 Å². The largest absolute Gasteiger partial charge is 0.494 e. The van der Waals surface area contributed by atoms with Crippen molar-refractivity contribution in [2.75, 3.05) is 6.61 Å². The molecule has 0 aliphatic heterocycles. The maximum absolute atomic E-state index is 5.55. The van der Waals surface area contributed by atoms with E-state index in [0.29, 0.717) is 12.5 Å². The molecule has 0 aromatic heterocycles. The van der Waals surface area contributed by atoms with Gasteiger partial charge in [0.05, 0.1) is 6.61 Å². The minimum absolute atomic E-state index is 0.668. The lowest BCUT2D eigenvalue weighted by atomic mass is 9.75. The van der Waals surface area contributed by atoms with Crippen LogP contribution in [0.2, 0.25) is 0 Å². The molecule has 1 aliphatic carbocycles. The molecule has 1 saturated carbocycles. The van der Waals surface area contributed by atoms with Crippen LogP contribution in [0.25, 0.3) is 11.1 Å². The van der Waals surface area contributed by atoms with Gasteiger partial charge < -0.3 is 4.74 Å². The molecular formula is C29H34O. The SMILES string of the molecule is CCOc1ccc(-c2ccc(C3CCC(C[C@@H](C)c4ccccc4)CC3)cc2)cc1. The first-order valence-corrected chi connectivity index (χ1v) is 11.6. The zero-order valence-corrected chi connectivity index (χ0v) is 18.4. The van der Waals surface area contributed by atoms with Crippen molar-refractivity contribution < 1.29 is 4.74 Å². The molecule has 1 nitrogen and oxygen atoms in total. The molecule has 4 rings (SSSR count). The number of benzene rings is 3. The molecule has 3 aromatic carbocycles. The molecule has 156 valence electrons. The van der Waals surface area contributed by atoms with E-state index in [1.54, 1.807) is 0 Å². The minimum atomic E-state index is 0.668. The van der Waals surface area contributed by atoms with Gasteiger partial charge >= 0.3 is 0 Å². The Kier molecular flexibility index (Phi) is 6.89. The first kappa shape index (κ1) is 20.7. The summed E-state index contributed by atoms with van der Waals surface area (Å²) in [6.07, 6.45) is 6.71. The second kappa shape index (κ2) is 9.98. The van der Waals surface area contributed by atoms with E-state index < -0.39 is 0 Å². The van der Waals surface area contributed by atoms with Crippen molar-refractivity contribution in [3.8, 4) is 16.9 Å². The van der Waals surface area contributed by atoms with Gasteiger partial charge in [-0.1, -0.05) is 73.7 Å². The Bertz CT molecular complexity index is 887. The lowest BCUT2D eigenvalue weighted by Gasteiger charge is -2.30. The first-order chi connectivity index (χ1) is 14.7. The standard InChI is InChI=1S/C29H34O/c1-3-30-29-19-17-28(18-20-29)27-15-13-26(14-16-27)25-11-9-23(10-12-25)21-22(2)24-7-5-4-6-8-24/h4-8,13-20,22-23,25H,3,9-12,21H2,1-2H3/t22-,23?,25?/m1/s1. The summed E-state index contributed by atoms with van der Waals surface area (Å²) in [6, 6.07) is 28.7. The van der Waals surface area contributed by atoms with E-state index in [0.717, 1.165) is 17.6 Å². The van der Waals surface area contributed by atoms with Gasteiger partial charge in [-0.3, -0.25) is 0 Å². The highest BCUT2D eigenvalue weighted by Crippen LogP contribution is 2.40. The van der Waals surface area contributed by atoms with E-state index in [-0.39, 0.29) is 0 Å². The van der Waals surface area contributed by atoms with Gasteiger partial charge in [-0.05, 0) is 91.2 Å². The van der Waals surface area contributed by atoms with E-state index in [1.807, 2.05) is 6.92 Å². The summed E-state index contributed by atoms with van der Waals surface area (Å²) in [4.78, 5) is 0. The maximum atomic E-state index is 5.55. The number of ether oxygens (including phenoxy) is 1. The number of hydrogen-bond acceptors (Lipinski definition) is 1. The molecule has 1 fully saturated rings. The highest BCUT2D eigenvalue weighted by Gasteiger charge is 2.24. The molecule has 1 heteroatoms. The van der Waals surface area contributed by atoms with Gasteiger partial charge in [0.15, 0.2) is 0 Å². The Morgan fingerprint density at radius 1 is 0.767 bits per heavy atom. The van der Waals surface area contributed by atoms with Crippen molar-refractivity contribution in [1.82, 2.24) is 0 Å². The van der Waals surface area contributed by atoms with Crippen LogP contribution in [0.3, 0.4) is 0 Å². The van der Waals surface area contributed by atoms with Crippen LogP contribution >= 0.6 is 0 Å². The fourth-order valence-corrected chi connectivity index (χ4v) is 5.01.